The van der Waals surface area contributed by atoms with Crippen molar-refractivity contribution in [3.63, 3.8) is 0 Å². The quantitative estimate of drug-likeness (QED) is 0.590. The fourth-order valence-corrected chi connectivity index (χ4v) is 4.10. The van der Waals surface area contributed by atoms with Crippen LogP contribution in [-0.4, -0.2) is 20.6 Å². The summed E-state index contributed by atoms with van der Waals surface area (Å²) in [5.74, 6) is 2.10. The maximum atomic E-state index is 6.34. The Balaban J connectivity index is 1.72. The molecule has 0 saturated carbocycles. The van der Waals surface area contributed by atoms with Gasteiger partial charge in [-0.1, -0.05) is 39.0 Å². The van der Waals surface area contributed by atoms with E-state index >= 15 is 0 Å². The number of benzene rings is 1. The molecule has 0 bridgehead atoms. The van der Waals surface area contributed by atoms with E-state index in [1.807, 2.05) is 24.3 Å². The minimum absolute atomic E-state index is 0.0418. The van der Waals surface area contributed by atoms with Crippen molar-refractivity contribution in [3.8, 4) is 0 Å². The Hall–Kier alpha value is -2.86. The van der Waals surface area contributed by atoms with Gasteiger partial charge in [0.05, 0.1) is 23.6 Å². The average Bonchev–Trinajstić information content (AvgIpc) is 3.05. The maximum Gasteiger partial charge on any atom is 0.152 e. The second kappa shape index (κ2) is 8.48. The molecule has 30 heavy (non-hydrogen) atoms. The first-order valence-electron chi connectivity index (χ1n) is 10.8. The van der Waals surface area contributed by atoms with Crippen LogP contribution in [-0.2, 0) is 24.3 Å². The van der Waals surface area contributed by atoms with Gasteiger partial charge < -0.3 is 20.8 Å². The van der Waals surface area contributed by atoms with E-state index < -0.39 is 0 Å². The lowest BCUT2D eigenvalue weighted by Gasteiger charge is -2.17. The van der Waals surface area contributed by atoms with Crippen LogP contribution in [0.4, 0.5) is 11.5 Å². The molecule has 0 aliphatic heterocycles. The van der Waals surface area contributed by atoms with Crippen LogP contribution < -0.4 is 22.0 Å². The van der Waals surface area contributed by atoms with E-state index in [4.69, 9.17) is 21.2 Å². The SMILES string of the molecule is CCCc1nc2c(N)nc3c(c2n1CC(C)C)=CCC(OCc1cccc(N)c1)C=3. The van der Waals surface area contributed by atoms with Crippen molar-refractivity contribution >= 4 is 34.7 Å². The van der Waals surface area contributed by atoms with Gasteiger partial charge >= 0.3 is 0 Å². The molecule has 1 aromatic carbocycles. The summed E-state index contributed by atoms with van der Waals surface area (Å²) in [6.07, 6.45) is 7.05. The zero-order valence-corrected chi connectivity index (χ0v) is 18.1. The van der Waals surface area contributed by atoms with E-state index in [1.54, 1.807) is 0 Å². The number of fused-ring (bicyclic) bond motifs is 3. The number of aromatic nitrogens is 3. The number of nitrogens with two attached hydrogens (primary N) is 2. The lowest BCUT2D eigenvalue weighted by atomic mass is 10.1. The third-order valence-corrected chi connectivity index (χ3v) is 5.40. The highest BCUT2D eigenvalue weighted by Gasteiger charge is 2.19. The first-order valence-corrected chi connectivity index (χ1v) is 10.8. The van der Waals surface area contributed by atoms with Crippen molar-refractivity contribution in [3.05, 3.63) is 46.2 Å². The normalized spacial score (nSPS) is 15.8. The van der Waals surface area contributed by atoms with Crippen LogP contribution in [0.15, 0.2) is 24.3 Å². The van der Waals surface area contributed by atoms with Crippen LogP contribution in [0.3, 0.4) is 0 Å². The highest BCUT2D eigenvalue weighted by molar-refractivity contribution is 5.86. The standard InChI is InChI=1S/C24H31N5O/c1-4-6-21-28-22-23(29(21)13-15(2)3)19-10-9-18(12-20(19)27-24(22)26)30-14-16-7-5-8-17(25)11-16/h5,7-8,10-12,15,18H,4,6,9,13-14,25H2,1-3H3,(H2,26,27). The Labute approximate surface area is 177 Å². The minimum Gasteiger partial charge on any atom is -0.399 e. The van der Waals surface area contributed by atoms with Crippen LogP contribution in [0.25, 0.3) is 23.2 Å². The zero-order valence-electron chi connectivity index (χ0n) is 18.1. The Morgan fingerprint density at radius 1 is 1.23 bits per heavy atom. The van der Waals surface area contributed by atoms with Crippen LogP contribution in [0.5, 0.6) is 0 Å². The molecule has 4 N–H and O–H groups in total. The molecule has 158 valence electrons. The molecular formula is C24H31N5O. The molecule has 0 saturated heterocycles. The number of hydrogen-bond acceptors (Lipinski definition) is 5. The molecular weight excluding hydrogens is 374 g/mol. The summed E-state index contributed by atoms with van der Waals surface area (Å²) in [5, 5.41) is 2.01. The Bertz CT molecular complexity index is 1180. The minimum atomic E-state index is -0.0418. The number of imidazole rings is 1. The van der Waals surface area contributed by atoms with Crippen LogP contribution in [0.1, 0.15) is 45.0 Å². The number of hydrogen-bond donors (Lipinski definition) is 2. The molecule has 2 heterocycles. The monoisotopic (exact) mass is 405 g/mol. The van der Waals surface area contributed by atoms with Gasteiger partial charge in [-0.05, 0) is 42.5 Å². The van der Waals surface area contributed by atoms with Gasteiger partial charge in [0.15, 0.2) is 5.82 Å². The molecule has 1 unspecified atom stereocenters. The van der Waals surface area contributed by atoms with Crippen LogP contribution >= 0.6 is 0 Å². The predicted molar refractivity (Wildman–Crippen MR) is 123 cm³/mol. The van der Waals surface area contributed by atoms with Crippen LogP contribution in [0, 0.1) is 5.92 Å². The molecule has 0 spiro atoms. The van der Waals surface area contributed by atoms with E-state index in [0.29, 0.717) is 18.3 Å². The number of aryl methyl sites for hydroxylation is 1. The third-order valence-electron chi connectivity index (χ3n) is 5.40. The van der Waals surface area contributed by atoms with Gasteiger partial charge in [-0.2, -0.15) is 0 Å². The Morgan fingerprint density at radius 3 is 2.80 bits per heavy atom. The highest BCUT2D eigenvalue weighted by Crippen LogP contribution is 2.20. The summed E-state index contributed by atoms with van der Waals surface area (Å²) in [6.45, 7) is 8.07. The highest BCUT2D eigenvalue weighted by atomic mass is 16.5. The maximum absolute atomic E-state index is 6.34. The number of pyridine rings is 1. The predicted octanol–water partition coefficient (Wildman–Crippen LogP) is 2.75. The fraction of sp³-hybridized carbons (Fsp3) is 0.417. The van der Waals surface area contributed by atoms with Gasteiger partial charge in [0.2, 0.25) is 0 Å². The molecule has 1 aliphatic rings. The van der Waals surface area contributed by atoms with Crippen molar-refractivity contribution in [2.24, 2.45) is 5.92 Å². The van der Waals surface area contributed by atoms with E-state index in [2.05, 4.69) is 42.5 Å². The van der Waals surface area contributed by atoms with Crippen molar-refractivity contribution in [2.45, 2.75) is 59.3 Å². The van der Waals surface area contributed by atoms with Gasteiger partial charge in [-0.25, -0.2) is 9.97 Å². The number of rotatable bonds is 7. The van der Waals surface area contributed by atoms with E-state index in [9.17, 15) is 0 Å². The van der Waals surface area contributed by atoms with E-state index in [1.165, 1.54) is 0 Å². The van der Waals surface area contributed by atoms with Crippen molar-refractivity contribution in [2.75, 3.05) is 11.5 Å². The fourth-order valence-electron chi connectivity index (χ4n) is 4.10. The number of anilines is 2. The first kappa shape index (κ1) is 20.4. The van der Waals surface area contributed by atoms with Gasteiger partial charge in [0, 0.05) is 23.9 Å². The summed E-state index contributed by atoms with van der Waals surface area (Å²) >= 11 is 0. The Morgan fingerprint density at radius 2 is 2.07 bits per heavy atom. The largest absolute Gasteiger partial charge is 0.399 e. The molecule has 6 heteroatoms. The third kappa shape index (κ3) is 4.05. The summed E-state index contributed by atoms with van der Waals surface area (Å²) in [4.78, 5) is 9.53. The summed E-state index contributed by atoms with van der Waals surface area (Å²) in [5.41, 5.74) is 16.0. The summed E-state index contributed by atoms with van der Waals surface area (Å²) < 4.78 is 8.47. The number of nitrogens with zero attached hydrogens (tertiary/aromatic N) is 3. The second-order valence-electron chi connectivity index (χ2n) is 8.48. The zero-order chi connectivity index (χ0) is 21.3. The molecule has 1 aliphatic carbocycles. The molecule has 0 amide bonds. The van der Waals surface area contributed by atoms with E-state index in [-0.39, 0.29) is 6.10 Å². The van der Waals surface area contributed by atoms with E-state index in [0.717, 1.165) is 64.5 Å². The van der Waals surface area contributed by atoms with Crippen molar-refractivity contribution < 1.29 is 4.74 Å². The lowest BCUT2D eigenvalue weighted by molar-refractivity contribution is 0.0852. The summed E-state index contributed by atoms with van der Waals surface area (Å²) in [7, 11) is 0. The topological polar surface area (TPSA) is 92.0 Å². The lowest BCUT2D eigenvalue weighted by Crippen LogP contribution is -2.36. The smallest absolute Gasteiger partial charge is 0.152 e. The van der Waals surface area contributed by atoms with Gasteiger partial charge in [0.25, 0.3) is 0 Å². The van der Waals surface area contributed by atoms with Crippen molar-refractivity contribution in [1.82, 2.24) is 14.5 Å². The molecule has 4 rings (SSSR count). The molecule has 3 aromatic rings. The molecule has 2 aromatic heterocycles. The Kier molecular flexibility index (Phi) is 5.77. The van der Waals surface area contributed by atoms with Crippen LogP contribution in [0.2, 0.25) is 0 Å². The van der Waals surface area contributed by atoms with Gasteiger partial charge in [-0.15, -0.1) is 0 Å². The number of ether oxygens (including phenoxy) is 1. The van der Waals surface area contributed by atoms with Gasteiger partial charge in [-0.3, -0.25) is 0 Å². The molecule has 0 fully saturated rings. The molecule has 0 radical (unpaired) electrons. The summed E-state index contributed by atoms with van der Waals surface area (Å²) in [6, 6.07) is 7.80. The molecule has 1 atom stereocenters. The second-order valence-corrected chi connectivity index (χ2v) is 8.48. The molecule has 6 nitrogen and oxygen atoms in total. The average molecular weight is 406 g/mol. The first-order chi connectivity index (χ1) is 14.5. The van der Waals surface area contributed by atoms with Crippen molar-refractivity contribution in [1.29, 1.82) is 0 Å². The number of nitrogen functional groups attached to an aromatic ring is 2. The van der Waals surface area contributed by atoms with Gasteiger partial charge in [0.1, 0.15) is 11.3 Å².